The number of para-hydroxylation sites is 2. The molecule has 3 aromatic rings. The van der Waals surface area contributed by atoms with Gasteiger partial charge in [0, 0.05) is 41.8 Å². The highest BCUT2D eigenvalue weighted by molar-refractivity contribution is 5.88. The number of aromatic nitrogens is 1. The summed E-state index contributed by atoms with van der Waals surface area (Å²) in [5, 5.41) is 25.5. The van der Waals surface area contributed by atoms with E-state index in [2.05, 4.69) is 15.6 Å². The maximum atomic E-state index is 12.8. The van der Waals surface area contributed by atoms with Crippen LogP contribution in [-0.4, -0.2) is 63.7 Å². The summed E-state index contributed by atoms with van der Waals surface area (Å²) in [5.74, 6) is -2.94. The van der Waals surface area contributed by atoms with Gasteiger partial charge in [0.05, 0.1) is 0 Å². The van der Waals surface area contributed by atoms with Crippen molar-refractivity contribution in [3.8, 4) is 0 Å². The number of aliphatic carboxylic acids is 2. The zero-order valence-electron chi connectivity index (χ0n) is 17.6. The van der Waals surface area contributed by atoms with Crippen LogP contribution in [0.25, 0.3) is 10.9 Å². The number of carboxylic acids is 2. The second-order valence-corrected chi connectivity index (χ2v) is 7.45. The molecule has 9 nitrogen and oxygen atoms in total. The molecular weight excluding hydrogens is 412 g/mol. The van der Waals surface area contributed by atoms with Crippen molar-refractivity contribution in [3.63, 3.8) is 0 Å². The van der Waals surface area contributed by atoms with Gasteiger partial charge in [0.2, 0.25) is 0 Å². The average Bonchev–Trinajstić information content (AvgIpc) is 3.20. The molecule has 2 atom stereocenters. The van der Waals surface area contributed by atoms with Gasteiger partial charge in [-0.15, -0.1) is 0 Å². The number of anilines is 1. The molecule has 0 aliphatic carbocycles. The van der Waals surface area contributed by atoms with Crippen LogP contribution in [0.3, 0.4) is 0 Å². The van der Waals surface area contributed by atoms with E-state index in [1.807, 2.05) is 54.6 Å². The van der Waals surface area contributed by atoms with E-state index in [0.717, 1.165) is 27.1 Å². The lowest BCUT2D eigenvalue weighted by atomic mass is 9.93. The number of nitrogens with zero attached hydrogens (tertiary/aromatic N) is 1. The summed E-state index contributed by atoms with van der Waals surface area (Å²) in [6, 6.07) is 14.8. The molecule has 0 bridgehead atoms. The normalized spacial score (nSPS) is 12.7. The molecule has 2 aromatic carbocycles. The minimum atomic E-state index is -1.24. The molecule has 0 unspecified atom stereocenters. The fourth-order valence-electron chi connectivity index (χ4n) is 3.58. The van der Waals surface area contributed by atoms with E-state index in [0.29, 0.717) is 6.54 Å². The lowest BCUT2D eigenvalue weighted by molar-refractivity contribution is -0.139. The number of nitrogens with one attached hydrogen (secondary N) is 3. The smallest absolute Gasteiger partial charge is 0.326 e. The zero-order valence-corrected chi connectivity index (χ0v) is 17.6. The van der Waals surface area contributed by atoms with E-state index >= 15 is 0 Å². The highest BCUT2D eigenvalue weighted by Gasteiger charge is 2.31. The van der Waals surface area contributed by atoms with Crippen LogP contribution in [0.1, 0.15) is 18.4 Å². The molecule has 2 amide bonds. The van der Waals surface area contributed by atoms with Crippen LogP contribution >= 0.6 is 0 Å². The largest absolute Gasteiger partial charge is 0.480 e. The number of aromatic amines is 1. The van der Waals surface area contributed by atoms with Gasteiger partial charge in [-0.3, -0.25) is 4.79 Å². The number of benzene rings is 2. The van der Waals surface area contributed by atoms with Gasteiger partial charge < -0.3 is 30.7 Å². The Labute approximate surface area is 185 Å². The summed E-state index contributed by atoms with van der Waals surface area (Å²) in [7, 11) is 0. The van der Waals surface area contributed by atoms with Crippen molar-refractivity contribution in [2.75, 3.05) is 25.0 Å². The third-order valence-electron chi connectivity index (χ3n) is 5.25. The molecule has 0 saturated heterocycles. The Hall–Kier alpha value is -4.01. The number of hydrogen-bond acceptors (Lipinski definition) is 4. The number of carbonyl (C=O) groups excluding carboxylic acids is 1. The van der Waals surface area contributed by atoms with Gasteiger partial charge in [-0.1, -0.05) is 43.3 Å². The van der Waals surface area contributed by atoms with Crippen molar-refractivity contribution in [1.29, 1.82) is 0 Å². The first-order valence-corrected chi connectivity index (χ1v) is 10.2. The summed E-state index contributed by atoms with van der Waals surface area (Å²) in [6.45, 7) is 1.56. The minimum Gasteiger partial charge on any atom is -0.480 e. The van der Waals surface area contributed by atoms with Crippen molar-refractivity contribution in [3.05, 3.63) is 66.4 Å². The Balaban J connectivity index is 1.71. The molecule has 0 aliphatic heterocycles. The standard InChI is InChI=1S/C23H26N4O5/c1-15(18-13-25-19-10-6-5-9-17(18)19)21(22(30)31)26-23(32)27(14-20(28)29)12-11-24-16-7-3-2-4-8-16/h2-10,13,15,21,24-25H,11-12,14H2,1H3,(H,26,32)(H,28,29)(H,30,31)/t15-,21+/m0/s1. The van der Waals surface area contributed by atoms with Crippen LogP contribution in [0.5, 0.6) is 0 Å². The Bertz CT molecular complexity index is 1080. The molecule has 0 saturated carbocycles. The molecular formula is C23H26N4O5. The summed E-state index contributed by atoms with van der Waals surface area (Å²) < 4.78 is 0. The predicted octanol–water partition coefficient (Wildman–Crippen LogP) is 2.93. The summed E-state index contributed by atoms with van der Waals surface area (Å²) in [5.41, 5.74) is 2.45. The molecule has 5 N–H and O–H groups in total. The first-order valence-electron chi connectivity index (χ1n) is 10.2. The topological polar surface area (TPSA) is 135 Å². The molecule has 0 fully saturated rings. The zero-order chi connectivity index (χ0) is 23.1. The van der Waals surface area contributed by atoms with E-state index in [1.165, 1.54) is 0 Å². The van der Waals surface area contributed by atoms with Crippen LogP contribution in [-0.2, 0) is 9.59 Å². The van der Waals surface area contributed by atoms with Crippen molar-refractivity contribution in [1.82, 2.24) is 15.2 Å². The van der Waals surface area contributed by atoms with E-state index in [1.54, 1.807) is 13.1 Å². The molecule has 3 rings (SSSR count). The van der Waals surface area contributed by atoms with Crippen molar-refractivity contribution in [2.45, 2.75) is 18.9 Å². The molecule has 0 spiro atoms. The van der Waals surface area contributed by atoms with Gasteiger partial charge in [-0.05, 0) is 23.8 Å². The minimum absolute atomic E-state index is 0.0842. The summed E-state index contributed by atoms with van der Waals surface area (Å²) in [4.78, 5) is 40.3. The third kappa shape index (κ3) is 5.57. The Morgan fingerprint density at radius 1 is 1.03 bits per heavy atom. The van der Waals surface area contributed by atoms with Crippen LogP contribution in [0.2, 0.25) is 0 Å². The van der Waals surface area contributed by atoms with Gasteiger partial charge in [-0.2, -0.15) is 0 Å². The lowest BCUT2D eigenvalue weighted by Gasteiger charge is -2.26. The number of fused-ring (bicyclic) bond motifs is 1. The van der Waals surface area contributed by atoms with Gasteiger partial charge in [0.25, 0.3) is 0 Å². The van der Waals surface area contributed by atoms with E-state index < -0.39 is 36.5 Å². The Morgan fingerprint density at radius 3 is 2.41 bits per heavy atom. The van der Waals surface area contributed by atoms with Crippen LogP contribution in [0.15, 0.2) is 60.8 Å². The Kier molecular flexibility index (Phi) is 7.33. The first-order chi connectivity index (χ1) is 15.4. The van der Waals surface area contributed by atoms with Gasteiger partial charge >= 0.3 is 18.0 Å². The third-order valence-corrected chi connectivity index (χ3v) is 5.25. The number of H-pyrrole nitrogens is 1. The van der Waals surface area contributed by atoms with Crippen molar-refractivity contribution >= 4 is 34.6 Å². The second-order valence-electron chi connectivity index (χ2n) is 7.45. The molecule has 1 aromatic heterocycles. The summed E-state index contributed by atoms with van der Waals surface area (Å²) in [6.07, 6.45) is 1.73. The molecule has 1 heterocycles. The van der Waals surface area contributed by atoms with Gasteiger partial charge in [0.15, 0.2) is 0 Å². The first kappa shape index (κ1) is 22.7. The van der Waals surface area contributed by atoms with Crippen LogP contribution in [0.4, 0.5) is 10.5 Å². The van der Waals surface area contributed by atoms with E-state index in [9.17, 15) is 24.6 Å². The van der Waals surface area contributed by atoms with E-state index in [4.69, 9.17) is 0 Å². The van der Waals surface area contributed by atoms with Crippen molar-refractivity contribution < 1.29 is 24.6 Å². The van der Waals surface area contributed by atoms with Crippen molar-refractivity contribution in [2.24, 2.45) is 0 Å². The fourth-order valence-corrected chi connectivity index (χ4v) is 3.58. The van der Waals surface area contributed by atoms with Gasteiger partial charge in [-0.25, -0.2) is 9.59 Å². The number of amides is 2. The number of carbonyl (C=O) groups is 3. The molecule has 32 heavy (non-hydrogen) atoms. The average molecular weight is 438 g/mol. The molecule has 168 valence electrons. The fraction of sp³-hybridized carbons (Fsp3) is 0.261. The number of rotatable bonds is 10. The SMILES string of the molecule is C[C@@H](c1c[nH]c2ccccc12)[C@@H](NC(=O)N(CCNc1ccccc1)CC(=O)O)C(=O)O. The maximum absolute atomic E-state index is 12.8. The molecule has 9 heteroatoms. The van der Waals surface area contributed by atoms with Crippen LogP contribution in [0, 0.1) is 0 Å². The maximum Gasteiger partial charge on any atom is 0.326 e. The summed E-state index contributed by atoms with van der Waals surface area (Å²) >= 11 is 0. The monoisotopic (exact) mass is 438 g/mol. The van der Waals surface area contributed by atoms with E-state index in [-0.39, 0.29) is 6.54 Å². The molecule has 0 radical (unpaired) electrons. The van der Waals surface area contributed by atoms with Gasteiger partial charge in [0.1, 0.15) is 12.6 Å². The second kappa shape index (κ2) is 10.3. The highest BCUT2D eigenvalue weighted by Crippen LogP contribution is 2.28. The Morgan fingerprint density at radius 2 is 1.72 bits per heavy atom. The highest BCUT2D eigenvalue weighted by atomic mass is 16.4. The number of carboxylic acid groups (broad SMARTS) is 2. The lowest BCUT2D eigenvalue weighted by Crippen LogP contribution is -2.52. The van der Waals surface area contributed by atoms with Crippen LogP contribution < -0.4 is 10.6 Å². The molecule has 0 aliphatic rings. The number of hydrogen-bond donors (Lipinski definition) is 5. The quantitative estimate of drug-likeness (QED) is 0.330. The number of urea groups is 1. The predicted molar refractivity (Wildman–Crippen MR) is 121 cm³/mol.